The molecule has 0 bridgehead atoms. The Balaban J connectivity index is 1.75. The van der Waals surface area contributed by atoms with E-state index in [4.69, 9.17) is 0 Å². The second kappa shape index (κ2) is 7.41. The molecule has 0 aliphatic carbocycles. The van der Waals surface area contributed by atoms with E-state index in [0.29, 0.717) is 19.1 Å². The zero-order chi connectivity index (χ0) is 14.4. The quantitative estimate of drug-likeness (QED) is 0.851. The van der Waals surface area contributed by atoms with E-state index in [1.807, 2.05) is 19.2 Å². The number of carbonyl (C=O) groups excluding carboxylic acids is 1. The predicted molar refractivity (Wildman–Crippen MR) is 81.5 cm³/mol. The monoisotopic (exact) mass is 275 g/mol. The molecule has 2 rings (SSSR count). The first kappa shape index (κ1) is 15.0. The van der Waals surface area contributed by atoms with Gasteiger partial charge in [-0.15, -0.1) is 0 Å². The van der Waals surface area contributed by atoms with Gasteiger partial charge in [-0.05, 0) is 38.9 Å². The molecule has 1 fully saturated rings. The Kier molecular flexibility index (Phi) is 5.56. The number of nitrogens with zero attached hydrogens (tertiary/aromatic N) is 1. The van der Waals surface area contributed by atoms with Gasteiger partial charge in [0.1, 0.15) is 0 Å². The number of amides is 1. The number of hydrogen-bond acceptors (Lipinski definition) is 3. The minimum absolute atomic E-state index is 0.114. The first-order chi connectivity index (χ1) is 9.67. The van der Waals surface area contributed by atoms with Crippen molar-refractivity contribution >= 4 is 5.91 Å². The van der Waals surface area contributed by atoms with E-state index in [0.717, 1.165) is 25.1 Å². The van der Waals surface area contributed by atoms with E-state index in [9.17, 15) is 4.79 Å². The van der Waals surface area contributed by atoms with Crippen molar-refractivity contribution in [3.05, 3.63) is 35.4 Å². The van der Waals surface area contributed by atoms with Gasteiger partial charge in [0.15, 0.2) is 0 Å². The van der Waals surface area contributed by atoms with Crippen LogP contribution >= 0.6 is 0 Å². The van der Waals surface area contributed by atoms with Crippen LogP contribution in [0.1, 0.15) is 24.0 Å². The molecular formula is C16H25N3O. The van der Waals surface area contributed by atoms with Crippen LogP contribution in [-0.4, -0.2) is 43.5 Å². The highest BCUT2D eigenvalue weighted by atomic mass is 16.2. The Morgan fingerprint density at radius 1 is 1.45 bits per heavy atom. The first-order valence-electron chi connectivity index (χ1n) is 7.39. The van der Waals surface area contributed by atoms with Gasteiger partial charge in [-0.2, -0.15) is 0 Å². The minimum Gasteiger partial charge on any atom is -0.351 e. The molecule has 0 saturated carbocycles. The molecule has 1 unspecified atom stereocenters. The van der Waals surface area contributed by atoms with Gasteiger partial charge in [0, 0.05) is 19.1 Å². The number of hydrogen-bond donors (Lipinski definition) is 2. The molecular weight excluding hydrogens is 250 g/mol. The Hall–Kier alpha value is -1.39. The fourth-order valence-corrected chi connectivity index (χ4v) is 2.72. The number of likely N-dealkylation sites (N-methyl/N-ethyl adjacent to an activating group) is 1. The van der Waals surface area contributed by atoms with Crippen LogP contribution in [0, 0.1) is 6.92 Å². The van der Waals surface area contributed by atoms with Crippen LogP contribution in [0.2, 0.25) is 0 Å². The first-order valence-corrected chi connectivity index (χ1v) is 7.39. The summed E-state index contributed by atoms with van der Waals surface area (Å²) in [6.45, 7) is 5.18. The van der Waals surface area contributed by atoms with Crippen molar-refractivity contribution < 1.29 is 4.79 Å². The summed E-state index contributed by atoms with van der Waals surface area (Å²) in [5, 5.41) is 6.30. The third-order valence-corrected chi connectivity index (χ3v) is 3.85. The van der Waals surface area contributed by atoms with Crippen LogP contribution in [0.15, 0.2) is 24.3 Å². The number of piperidine rings is 1. The lowest BCUT2D eigenvalue weighted by Gasteiger charge is -2.31. The molecule has 1 aliphatic heterocycles. The number of aryl methyl sites for hydroxylation is 1. The van der Waals surface area contributed by atoms with E-state index < -0.39 is 0 Å². The Morgan fingerprint density at radius 3 is 3.05 bits per heavy atom. The third-order valence-electron chi connectivity index (χ3n) is 3.85. The highest BCUT2D eigenvalue weighted by Gasteiger charge is 2.19. The van der Waals surface area contributed by atoms with Crippen molar-refractivity contribution in [1.82, 2.24) is 15.5 Å². The summed E-state index contributed by atoms with van der Waals surface area (Å²) in [5.74, 6) is 0.114. The van der Waals surface area contributed by atoms with Gasteiger partial charge >= 0.3 is 0 Å². The maximum atomic E-state index is 12.0. The summed E-state index contributed by atoms with van der Waals surface area (Å²) in [7, 11) is 1.99. The maximum absolute atomic E-state index is 12.0. The minimum atomic E-state index is 0.114. The molecule has 20 heavy (non-hydrogen) atoms. The van der Waals surface area contributed by atoms with Crippen LogP contribution in [0.4, 0.5) is 0 Å². The lowest BCUT2D eigenvalue weighted by atomic mass is 10.1. The van der Waals surface area contributed by atoms with Crippen molar-refractivity contribution in [3.63, 3.8) is 0 Å². The van der Waals surface area contributed by atoms with Crippen molar-refractivity contribution in [2.45, 2.75) is 32.4 Å². The van der Waals surface area contributed by atoms with Gasteiger partial charge < -0.3 is 10.6 Å². The predicted octanol–water partition coefficient (Wildman–Crippen LogP) is 1.30. The summed E-state index contributed by atoms with van der Waals surface area (Å²) >= 11 is 0. The van der Waals surface area contributed by atoms with Crippen molar-refractivity contribution in [2.24, 2.45) is 0 Å². The summed E-state index contributed by atoms with van der Waals surface area (Å²) in [6.07, 6.45) is 2.37. The molecule has 0 spiro atoms. The van der Waals surface area contributed by atoms with Crippen molar-refractivity contribution in [1.29, 1.82) is 0 Å². The van der Waals surface area contributed by atoms with Gasteiger partial charge in [0.25, 0.3) is 0 Å². The molecule has 0 aromatic heterocycles. The van der Waals surface area contributed by atoms with E-state index in [-0.39, 0.29) is 5.91 Å². The molecule has 1 aliphatic rings. The molecule has 1 saturated heterocycles. The maximum Gasteiger partial charge on any atom is 0.234 e. The molecule has 110 valence electrons. The van der Waals surface area contributed by atoms with Gasteiger partial charge in [-0.1, -0.05) is 29.8 Å². The highest BCUT2D eigenvalue weighted by Crippen LogP contribution is 2.09. The summed E-state index contributed by atoms with van der Waals surface area (Å²) < 4.78 is 0. The third kappa shape index (κ3) is 4.62. The lowest BCUT2D eigenvalue weighted by Crippen LogP contribution is -2.47. The van der Waals surface area contributed by atoms with Gasteiger partial charge in [-0.25, -0.2) is 0 Å². The average molecular weight is 275 g/mol. The molecule has 1 aromatic carbocycles. The Labute approximate surface area is 121 Å². The van der Waals surface area contributed by atoms with Gasteiger partial charge in [0.2, 0.25) is 5.91 Å². The Morgan fingerprint density at radius 2 is 2.30 bits per heavy atom. The SMILES string of the molecule is CNC1CCCN(CC(=O)NCc2cccc(C)c2)C1. The van der Waals surface area contributed by atoms with E-state index in [1.165, 1.54) is 12.0 Å². The largest absolute Gasteiger partial charge is 0.351 e. The van der Waals surface area contributed by atoms with E-state index in [2.05, 4.69) is 34.6 Å². The average Bonchev–Trinajstić information content (AvgIpc) is 2.45. The number of likely N-dealkylation sites (tertiary alicyclic amines) is 1. The highest BCUT2D eigenvalue weighted by molar-refractivity contribution is 5.78. The van der Waals surface area contributed by atoms with Crippen LogP contribution < -0.4 is 10.6 Å². The molecule has 2 N–H and O–H groups in total. The zero-order valence-corrected chi connectivity index (χ0v) is 12.5. The van der Waals surface area contributed by atoms with Crippen LogP contribution in [-0.2, 0) is 11.3 Å². The van der Waals surface area contributed by atoms with E-state index in [1.54, 1.807) is 0 Å². The molecule has 4 heteroatoms. The number of carbonyl (C=O) groups is 1. The molecule has 1 aromatic rings. The van der Waals surface area contributed by atoms with E-state index >= 15 is 0 Å². The second-order valence-electron chi connectivity index (χ2n) is 5.63. The molecule has 1 atom stereocenters. The molecule has 4 nitrogen and oxygen atoms in total. The standard InChI is InChI=1S/C16H25N3O/c1-13-5-3-6-14(9-13)10-18-16(20)12-19-8-4-7-15(11-19)17-2/h3,5-6,9,15,17H,4,7-8,10-12H2,1-2H3,(H,18,20). The number of benzene rings is 1. The molecule has 1 heterocycles. The van der Waals surface area contributed by atoms with Crippen LogP contribution in [0.5, 0.6) is 0 Å². The van der Waals surface area contributed by atoms with Gasteiger partial charge in [0.05, 0.1) is 6.54 Å². The van der Waals surface area contributed by atoms with Crippen molar-refractivity contribution in [3.8, 4) is 0 Å². The summed E-state index contributed by atoms with van der Waals surface area (Å²) in [6, 6.07) is 8.77. The van der Waals surface area contributed by atoms with Crippen LogP contribution in [0.25, 0.3) is 0 Å². The zero-order valence-electron chi connectivity index (χ0n) is 12.5. The topological polar surface area (TPSA) is 44.4 Å². The smallest absolute Gasteiger partial charge is 0.234 e. The normalized spacial score (nSPS) is 19.8. The van der Waals surface area contributed by atoms with Crippen molar-refractivity contribution in [2.75, 3.05) is 26.7 Å². The fourth-order valence-electron chi connectivity index (χ4n) is 2.72. The molecule has 0 radical (unpaired) electrons. The summed E-state index contributed by atoms with van der Waals surface area (Å²) in [4.78, 5) is 14.2. The lowest BCUT2D eigenvalue weighted by molar-refractivity contribution is -0.122. The Bertz CT molecular complexity index is 447. The summed E-state index contributed by atoms with van der Waals surface area (Å²) in [5.41, 5.74) is 2.38. The molecule has 1 amide bonds. The van der Waals surface area contributed by atoms with Gasteiger partial charge in [-0.3, -0.25) is 9.69 Å². The number of nitrogens with one attached hydrogen (secondary N) is 2. The van der Waals surface area contributed by atoms with Crippen LogP contribution in [0.3, 0.4) is 0 Å². The number of rotatable bonds is 5. The second-order valence-corrected chi connectivity index (χ2v) is 5.63. The fraction of sp³-hybridized carbons (Fsp3) is 0.562.